The van der Waals surface area contributed by atoms with E-state index in [4.69, 9.17) is 4.74 Å². The highest BCUT2D eigenvalue weighted by atomic mass is 127. The minimum atomic E-state index is -4.18. The molecular formula is C17H25F4IN4O. The van der Waals surface area contributed by atoms with Crippen molar-refractivity contribution in [1.29, 1.82) is 0 Å². The van der Waals surface area contributed by atoms with Gasteiger partial charge in [-0.15, -0.1) is 24.0 Å². The second-order valence-corrected chi connectivity index (χ2v) is 6.32. The SMILES string of the molecule is CN=C(NCC(C)Oc1ccc(F)cc1)NC1CCN(CC(F)(F)F)C1.I. The van der Waals surface area contributed by atoms with Crippen LogP contribution < -0.4 is 15.4 Å². The van der Waals surface area contributed by atoms with Gasteiger partial charge < -0.3 is 15.4 Å². The number of ether oxygens (including phenoxy) is 1. The fourth-order valence-electron chi connectivity index (χ4n) is 2.76. The van der Waals surface area contributed by atoms with Gasteiger partial charge in [-0.3, -0.25) is 9.89 Å². The number of likely N-dealkylation sites (tertiary alicyclic amines) is 1. The van der Waals surface area contributed by atoms with Crippen LogP contribution in [-0.2, 0) is 0 Å². The first kappa shape index (κ1) is 23.7. The van der Waals surface area contributed by atoms with Crippen LogP contribution >= 0.6 is 24.0 Å². The molecule has 5 nitrogen and oxygen atoms in total. The summed E-state index contributed by atoms with van der Waals surface area (Å²) in [5.41, 5.74) is 0. The standard InChI is InChI=1S/C17H24F4N4O.HI/c1-12(26-15-5-3-13(18)4-6-15)9-23-16(22-2)24-14-7-8-25(10-14)11-17(19,20)21;/h3-6,12,14H,7-11H2,1-2H3,(H2,22,23,24);1H. The highest BCUT2D eigenvalue weighted by Crippen LogP contribution is 2.20. The number of hydrogen-bond donors (Lipinski definition) is 2. The van der Waals surface area contributed by atoms with Gasteiger partial charge in [0.1, 0.15) is 17.7 Å². The molecule has 0 radical (unpaired) electrons. The van der Waals surface area contributed by atoms with Gasteiger partial charge in [-0.2, -0.15) is 13.2 Å². The van der Waals surface area contributed by atoms with Crippen LogP contribution in [0.25, 0.3) is 0 Å². The lowest BCUT2D eigenvalue weighted by molar-refractivity contribution is -0.143. The third-order valence-electron chi connectivity index (χ3n) is 3.95. The summed E-state index contributed by atoms with van der Waals surface area (Å²) in [5.74, 6) is 0.740. The Hall–Kier alpha value is -1.30. The average Bonchev–Trinajstić information content (AvgIpc) is 2.98. The van der Waals surface area contributed by atoms with Gasteiger partial charge in [-0.1, -0.05) is 0 Å². The van der Waals surface area contributed by atoms with E-state index in [9.17, 15) is 17.6 Å². The van der Waals surface area contributed by atoms with Crippen molar-refractivity contribution in [3.63, 3.8) is 0 Å². The predicted octanol–water partition coefficient (Wildman–Crippen LogP) is 3.01. The molecule has 10 heteroatoms. The normalized spacial score (nSPS) is 19.3. The molecule has 2 unspecified atom stereocenters. The van der Waals surface area contributed by atoms with E-state index in [1.54, 1.807) is 19.2 Å². The van der Waals surface area contributed by atoms with Gasteiger partial charge in [0.05, 0.1) is 13.1 Å². The average molecular weight is 504 g/mol. The number of nitrogens with one attached hydrogen (secondary N) is 2. The van der Waals surface area contributed by atoms with Crippen molar-refractivity contribution in [2.45, 2.75) is 31.7 Å². The maximum absolute atomic E-state index is 12.9. The van der Waals surface area contributed by atoms with Crippen molar-refractivity contribution in [3.05, 3.63) is 30.1 Å². The Morgan fingerprint density at radius 1 is 1.33 bits per heavy atom. The van der Waals surface area contributed by atoms with Gasteiger partial charge in [-0.25, -0.2) is 4.39 Å². The second-order valence-electron chi connectivity index (χ2n) is 6.32. The minimum absolute atomic E-state index is 0. The Kier molecular flexibility index (Phi) is 9.57. The van der Waals surface area contributed by atoms with Crippen LogP contribution in [0.15, 0.2) is 29.3 Å². The quantitative estimate of drug-likeness (QED) is 0.271. The third kappa shape index (κ3) is 8.96. The topological polar surface area (TPSA) is 48.9 Å². The summed E-state index contributed by atoms with van der Waals surface area (Å²) >= 11 is 0. The molecule has 27 heavy (non-hydrogen) atoms. The van der Waals surface area contributed by atoms with Crippen molar-refractivity contribution in [2.24, 2.45) is 4.99 Å². The molecule has 0 bridgehead atoms. The number of benzene rings is 1. The molecule has 1 aliphatic heterocycles. The first-order valence-electron chi connectivity index (χ1n) is 8.43. The van der Waals surface area contributed by atoms with Crippen molar-refractivity contribution in [3.8, 4) is 5.75 Å². The van der Waals surface area contributed by atoms with Gasteiger partial charge in [0.2, 0.25) is 0 Å². The van der Waals surface area contributed by atoms with E-state index in [0.717, 1.165) is 0 Å². The molecule has 1 aliphatic rings. The fraction of sp³-hybridized carbons (Fsp3) is 0.588. The van der Waals surface area contributed by atoms with Crippen LogP contribution in [0.2, 0.25) is 0 Å². The number of nitrogens with zero attached hydrogens (tertiary/aromatic N) is 2. The van der Waals surface area contributed by atoms with Crippen LogP contribution in [-0.4, -0.2) is 62.4 Å². The Morgan fingerprint density at radius 3 is 2.59 bits per heavy atom. The molecule has 1 aromatic rings. The molecule has 0 aliphatic carbocycles. The summed E-state index contributed by atoms with van der Waals surface area (Å²) in [7, 11) is 1.60. The maximum Gasteiger partial charge on any atom is 0.401 e. The lowest BCUT2D eigenvalue weighted by Gasteiger charge is -2.21. The van der Waals surface area contributed by atoms with Crippen molar-refractivity contribution in [1.82, 2.24) is 15.5 Å². The number of guanidine groups is 1. The molecule has 0 saturated carbocycles. The molecule has 0 amide bonds. The highest BCUT2D eigenvalue weighted by Gasteiger charge is 2.34. The van der Waals surface area contributed by atoms with Gasteiger partial charge in [-0.05, 0) is 37.6 Å². The zero-order valence-electron chi connectivity index (χ0n) is 15.2. The molecular weight excluding hydrogens is 479 g/mol. The van der Waals surface area contributed by atoms with Crippen LogP contribution in [0, 0.1) is 5.82 Å². The van der Waals surface area contributed by atoms with Crippen molar-refractivity contribution >= 4 is 29.9 Å². The van der Waals surface area contributed by atoms with E-state index in [1.165, 1.54) is 17.0 Å². The smallest absolute Gasteiger partial charge is 0.401 e. The van der Waals surface area contributed by atoms with Gasteiger partial charge in [0, 0.05) is 26.2 Å². The Labute approximate surface area is 173 Å². The lowest BCUT2D eigenvalue weighted by atomic mass is 10.3. The summed E-state index contributed by atoms with van der Waals surface area (Å²) in [6, 6.07) is 5.65. The zero-order valence-corrected chi connectivity index (χ0v) is 17.6. The summed E-state index contributed by atoms with van der Waals surface area (Å²) in [6.45, 7) is 2.13. The largest absolute Gasteiger partial charge is 0.489 e. The lowest BCUT2D eigenvalue weighted by Crippen LogP contribution is -2.47. The Balaban J connectivity index is 0.00000364. The zero-order chi connectivity index (χ0) is 19.2. The summed E-state index contributed by atoms with van der Waals surface area (Å²) < 4.78 is 55.9. The fourth-order valence-corrected chi connectivity index (χ4v) is 2.76. The van der Waals surface area contributed by atoms with Crippen molar-refractivity contribution in [2.75, 3.05) is 33.2 Å². The maximum atomic E-state index is 12.9. The van der Waals surface area contributed by atoms with Crippen LogP contribution in [0.1, 0.15) is 13.3 Å². The van der Waals surface area contributed by atoms with E-state index in [1.807, 2.05) is 6.92 Å². The summed E-state index contributed by atoms with van der Waals surface area (Å²) in [6.07, 6.45) is -3.76. The second kappa shape index (κ2) is 10.9. The van der Waals surface area contributed by atoms with Crippen LogP contribution in [0.3, 0.4) is 0 Å². The number of alkyl halides is 3. The molecule has 1 aromatic carbocycles. The Morgan fingerprint density at radius 2 is 2.00 bits per heavy atom. The van der Waals surface area contributed by atoms with Gasteiger partial charge in [0.15, 0.2) is 5.96 Å². The first-order chi connectivity index (χ1) is 12.2. The molecule has 154 valence electrons. The number of halogens is 5. The molecule has 2 atom stereocenters. The van der Waals surface area contributed by atoms with Gasteiger partial charge >= 0.3 is 6.18 Å². The van der Waals surface area contributed by atoms with Crippen molar-refractivity contribution < 1.29 is 22.3 Å². The van der Waals surface area contributed by atoms with Crippen LogP contribution in [0.4, 0.5) is 17.6 Å². The van der Waals surface area contributed by atoms with E-state index >= 15 is 0 Å². The minimum Gasteiger partial charge on any atom is -0.489 e. The predicted molar refractivity (Wildman–Crippen MR) is 107 cm³/mol. The Bertz CT molecular complexity index is 598. The first-order valence-corrected chi connectivity index (χ1v) is 8.43. The van der Waals surface area contributed by atoms with E-state index in [2.05, 4.69) is 15.6 Å². The van der Waals surface area contributed by atoms with E-state index in [0.29, 0.717) is 37.8 Å². The van der Waals surface area contributed by atoms with E-state index in [-0.39, 0.29) is 41.9 Å². The van der Waals surface area contributed by atoms with Crippen LogP contribution in [0.5, 0.6) is 5.75 Å². The summed E-state index contributed by atoms with van der Waals surface area (Å²) in [5, 5.41) is 6.22. The monoisotopic (exact) mass is 504 g/mol. The molecule has 0 spiro atoms. The number of rotatable bonds is 6. The highest BCUT2D eigenvalue weighted by molar-refractivity contribution is 14.0. The molecule has 1 fully saturated rings. The number of hydrogen-bond acceptors (Lipinski definition) is 3. The third-order valence-corrected chi connectivity index (χ3v) is 3.95. The summed E-state index contributed by atoms with van der Waals surface area (Å²) in [4.78, 5) is 5.47. The van der Waals surface area contributed by atoms with E-state index < -0.39 is 12.7 Å². The number of aliphatic imine (C=N–C) groups is 1. The molecule has 2 rings (SSSR count). The molecule has 1 heterocycles. The molecule has 0 aromatic heterocycles. The molecule has 2 N–H and O–H groups in total. The molecule has 1 saturated heterocycles. The van der Waals surface area contributed by atoms with Gasteiger partial charge in [0.25, 0.3) is 0 Å².